The zero-order valence-corrected chi connectivity index (χ0v) is 10.7. The van der Waals surface area contributed by atoms with E-state index in [4.69, 9.17) is 21.4 Å². The van der Waals surface area contributed by atoms with Crippen molar-refractivity contribution in [3.63, 3.8) is 0 Å². The first-order valence-corrected chi connectivity index (χ1v) is 5.73. The van der Waals surface area contributed by atoms with Crippen molar-refractivity contribution in [2.45, 2.75) is 25.9 Å². The molecule has 1 aromatic rings. The van der Waals surface area contributed by atoms with Crippen LogP contribution in [0.15, 0.2) is 18.2 Å². The number of rotatable bonds is 1. The van der Waals surface area contributed by atoms with Gasteiger partial charge in [0.15, 0.2) is 0 Å². The first-order valence-electron chi connectivity index (χ1n) is 5.35. The molecule has 18 heavy (non-hydrogen) atoms. The molecule has 1 aliphatic heterocycles. The fourth-order valence-corrected chi connectivity index (χ4v) is 2.21. The number of imide groups is 1. The number of hydrogen-bond acceptors (Lipinski definition) is 3. The maximum atomic E-state index is 11.2. The quantitative estimate of drug-likeness (QED) is 0.628. The van der Waals surface area contributed by atoms with Crippen LogP contribution in [0.1, 0.15) is 19.4 Å². The van der Waals surface area contributed by atoms with Crippen LogP contribution < -0.4 is 9.64 Å². The fourth-order valence-electron chi connectivity index (χ4n) is 2.05. The number of nitrogens with zero attached hydrogens (tertiary/aromatic N) is 1. The molecule has 0 saturated heterocycles. The molecule has 0 aliphatic carbocycles. The number of fused-ring (bicyclic) bond motifs is 1. The molecular weight excluding hydrogens is 258 g/mol. The van der Waals surface area contributed by atoms with Crippen molar-refractivity contribution in [1.82, 2.24) is 0 Å². The number of para-hydroxylation sites is 1. The van der Waals surface area contributed by atoms with Gasteiger partial charge >= 0.3 is 11.5 Å². The van der Waals surface area contributed by atoms with Crippen molar-refractivity contribution in [2.75, 3.05) is 4.90 Å². The molecule has 6 heteroatoms. The summed E-state index contributed by atoms with van der Waals surface area (Å²) in [5.74, 6) is 0.402. The third-order valence-electron chi connectivity index (χ3n) is 2.68. The molecule has 96 valence electrons. The second kappa shape index (κ2) is 4.17. The Morgan fingerprint density at radius 2 is 2.11 bits per heavy atom. The maximum Gasteiger partial charge on any atom is 0.419 e. The van der Waals surface area contributed by atoms with Crippen LogP contribution in [0.25, 0.3) is 0 Å². The van der Waals surface area contributed by atoms with Gasteiger partial charge < -0.3 is 9.84 Å². The molecule has 2 rings (SSSR count). The van der Waals surface area contributed by atoms with E-state index in [1.807, 2.05) is 19.9 Å². The Kier molecular flexibility index (Phi) is 2.94. The maximum absolute atomic E-state index is 11.2. The number of anilines is 1. The van der Waals surface area contributed by atoms with Gasteiger partial charge in [-0.15, -0.1) is 0 Å². The van der Waals surface area contributed by atoms with E-state index in [0.29, 0.717) is 17.1 Å². The third-order valence-corrected chi connectivity index (χ3v) is 2.85. The molecule has 0 aromatic heterocycles. The smallest absolute Gasteiger partial charge is 0.419 e. The fraction of sp³-hybridized carbons (Fsp3) is 0.333. The lowest BCUT2D eigenvalue weighted by atomic mass is 10.0. The zero-order valence-electron chi connectivity index (χ0n) is 9.94. The first kappa shape index (κ1) is 12.7. The topological polar surface area (TPSA) is 66.8 Å². The van der Waals surface area contributed by atoms with Gasteiger partial charge in [-0.1, -0.05) is 12.1 Å². The van der Waals surface area contributed by atoms with Gasteiger partial charge in [-0.2, -0.15) is 4.90 Å². The normalized spacial score (nSPS) is 15.7. The Morgan fingerprint density at radius 1 is 1.44 bits per heavy atom. The van der Waals surface area contributed by atoms with Crippen molar-refractivity contribution in [1.29, 1.82) is 0 Å². The second-order valence-corrected chi connectivity index (χ2v) is 5.00. The Labute approximate surface area is 109 Å². The molecule has 0 bridgehead atoms. The lowest BCUT2D eigenvalue weighted by Gasteiger charge is -2.20. The second-order valence-electron chi connectivity index (χ2n) is 4.67. The van der Waals surface area contributed by atoms with Crippen LogP contribution in [0, 0.1) is 0 Å². The van der Waals surface area contributed by atoms with Crippen LogP contribution in [0.3, 0.4) is 0 Å². The number of carbonyl (C=O) groups excluding carboxylic acids is 1. The van der Waals surface area contributed by atoms with Crippen LogP contribution in [0.4, 0.5) is 15.3 Å². The van der Waals surface area contributed by atoms with E-state index in [2.05, 4.69) is 0 Å². The van der Waals surface area contributed by atoms with E-state index < -0.39 is 17.1 Å². The summed E-state index contributed by atoms with van der Waals surface area (Å²) < 4.78 is 5.69. The summed E-state index contributed by atoms with van der Waals surface area (Å²) in [6.07, 6.45) is -0.781. The lowest BCUT2D eigenvalue weighted by molar-refractivity contribution is 0.138. The minimum absolute atomic E-state index is 0.158. The average Bonchev–Trinajstić information content (AvgIpc) is 2.51. The lowest BCUT2D eigenvalue weighted by Crippen LogP contribution is -2.32. The molecule has 0 unspecified atom stereocenters. The molecule has 5 nitrogen and oxygen atoms in total. The summed E-state index contributed by atoms with van der Waals surface area (Å²) in [6.45, 7) is 3.79. The number of carboxylic acid groups (broad SMARTS) is 1. The van der Waals surface area contributed by atoms with Crippen LogP contribution in [0.2, 0.25) is 0 Å². The number of carbonyl (C=O) groups is 2. The molecule has 1 aromatic carbocycles. The van der Waals surface area contributed by atoms with Crippen molar-refractivity contribution in [2.24, 2.45) is 0 Å². The molecule has 1 heterocycles. The summed E-state index contributed by atoms with van der Waals surface area (Å²) in [5.41, 5.74) is 0.602. The minimum atomic E-state index is -1.43. The van der Waals surface area contributed by atoms with Crippen molar-refractivity contribution >= 4 is 28.7 Å². The van der Waals surface area contributed by atoms with E-state index in [-0.39, 0.29) is 5.69 Å². The van der Waals surface area contributed by atoms with Crippen LogP contribution in [-0.4, -0.2) is 22.2 Å². The van der Waals surface area contributed by atoms with Gasteiger partial charge in [-0.05, 0) is 31.5 Å². The monoisotopic (exact) mass is 269 g/mol. The minimum Gasteiger partial charge on any atom is -0.485 e. The van der Waals surface area contributed by atoms with Gasteiger partial charge in [-0.25, -0.2) is 4.79 Å². The Balaban J connectivity index is 2.52. The van der Waals surface area contributed by atoms with Gasteiger partial charge in [0.1, 0.15) is 11.4 Å². The number of amides is 2. The van der Waals surface area contributed by atoms with Crippen LogP contribution in [-0.2, 0) is 6.42 Å². The molecule has 0 saturated carbocycles. The Hall–Kier alpha value is -1.75. The van der Waals surface area contributed by atoms with Gasteiger partial charge in [0.05, 0.1) is 5.69 Å². The predicted octanol–water partition coefficient (Wildman–Crippen LogP) is 3.24. The number of benzene rings is 1. The Morgan fingerprint density at radius 3 is 2.67 bits per heavy atom. The Bertz CT molecular complexity index is 513. The summed E-state index contributed by atoms with van der Waals surface area (Å²) in [7, 11) is 0. The highest BCUT2D eigenvalue weighted by Crippen LogP contribution is 2.42. The first-order chi connectivity index (χ1) is 8.32. The molecular formula is C12H12ClNO4. The van der Waals surface area contributed by atoms with Crippen molar-refractivity contribution in [3.05, 3.63) is 23.8 Å². The van der Waals surface area contributed by atoms with E-state index in [1.54, 1.807) is 6.07 Å². The van der Waals surface area contributed by atoms with E-state index in [1.165, 1.54) is 6.07 Å². The standard InChI is InChI=1S/C12H12ClNO4/c1-12(2)6-7-4-3-5-8(9(7)18-12)14(10(13)15)11(16)17/h3-5H,6H2,1-2H3,(H,16,17). The third kappa shape index (κ3) is 2.13. The molecule has 2 amide bonds. The molecule has 1 N–H and O–H groups in total. The number of halogens is 1. The largest absolute Gasteiger partial charge is 0.485 e. The highest BCUT2D eigenvalue weighted by Gasteiger charge is 2.35. The summed E-state index contributed by atoms with van der Waals surface area (Å²) in [4.78, 5) is 22.7. The van der Waals surface area contributed by atoms with Crippen LogP contribution in [0.5, 0.6) is 5.75 Å². The average molecular weight is 270 g/mol. The summed E-state index contributed by atoms with van der Waals surface area (Å²) in [5, 5.41) is 7.94. The molecule has 0 radical (unpaired) electrons. The van der Waals surface area contributed by atoms with Gasteiger partial charge in [-0.3, -0.25) is 4.79 Å². The summed E-state index contributed by atoms with van der Waals surface area (Å²) >= 11 is 5.30. The predicted molar refractivity (Wildman–Crippen MR) is 66.6 cm³/mol. The molecule has 0 spiro atoms. The molecule has 1 aliphatic rings. The summed E-state index contributed by atoms with van der Waals surface area (Å²) in [6, 6.07) is 5.01. The van der Waals surface area contributed by atoms with Gasteiger partial charge in [0, 0.05) is 12.0 Å². The highest BCUT2D eigenvalue weighted by molar-refractivity contribution is 6.68. The SMILES string of the molecule is CC1(C)Cc2cccc(N(C(=O)O)C(=O)Cl)c2O1. The van der Waals surface area contributed by atoms with Crippen LogP contribution >= 0.6 is 11.6 Å². The zero-order chi connectivity index (χ0) is 13.5. The van der Waals surface area contributed by atoms with Gasteiger partial charge in [0.25, 0.3) is 0 Å². The number of ether oxygens (including phenoxy) is 1. The van der Waals surface area contributed by atoms with E-state index >= 15 is 0 Å². The van der Waals surface area contributed by atoms with Crippen molar-refractivity contribution < 1.29 is 19.4 Å². The van der Waals surface area contributed by atoms with E-state index in [0.717, 1.165) is 5.56 Å². The van der Waals surface area contributed by atoms with E-state index in [9.17, 15) is 9.59 Å². The van der Waals surface area contributed by atoms with Crippen molar-refractivity contribution in [3.8, 4) is 5.75 Å². The molecule has 0 atom stereocenters. The molecule has 0 fully saturated rings. The highest BCUT2D eigenvalue weighted by atomic mass is 35.5. The van der Waals surface area contributed by atoms with Gasteiger partial charge in [0.2, 0.25) is 0 Å². The number of hydrogen-bond donors (Lipinski definition) is 1.